The number of aliphatic imine (C=N–C) groups is 1. The van der Waals surface area contributed by atoms with Gasteiger partial charge >= 0.3 is 0 Å². The molecule has 6 heteroatoms. The smallest absolute Gasteiger partial charge is 0.191 e. The van der Waals surface area contributed by atoms with Crippen LogP contribution in [0.2, 0.25) is 0 Å². The molecule has 0 spiro atoms. The quantitative estimate of drug-likeness (QED) is 0.555. The molecule has 1 saturated heterocycles. The van der Waals surface area contributed by atoms with Gasteiger partial charge in [0.15, 0.2) is 5.96 Å². The van der Waals surface area contributed by atoms with Gasteiger partial charge in [0.05, 0.1) is 6.54 Å². The second-order valence-corrected chi connectivity index (χ2v) is 8.69. The zero-order chi connectivity index (χ0) is 19.8. The van der Waals surface area contributed by atoms with Crippen molar-refractivity contribution in [2.75, 3.05) is 39.8 Å². The molecule has 2 aromatic rings. The number of likely N-dealkylation sites (N-methyl/N-ethyl adjacent to an activating group) is 1. The molecule has 0 unspecified atom stereocenters. The van der Waals surface area contributed by atoms with Gasteiger partial charge in [0, 0.05) is 56.1 Å². The Labute approximate surface area is 173 Å². The summed E-state index contributed by atoms with van der Waals surface area (Å²) in [7, 11) is 1.82. The first-order valence-electron chi connectivity index (χ1n) is 10.2. The van der Waals surface area contributed by atoms with Crippen molar-refractivity contribution in [3.63, 3.8) is 0 Å². The average Bonchev–Trinajstić information content (AvgIpc) is 3.15. The Morgan fingerprint density at radius 3 is 2.18 bits per heavy atom. The predicted molar refractivity (Wildman–Crippen MR) is 120 cm³/mol. The number of nitrogens with one attached hydrogen (secondary N) is 2. The standard InChI is InChI=1S/C22H33N5S/c1-4-26-11-13-27(14-12-26)17-20-8-6-19(7-9-20)15-24-22(23-3)25-16-21-10-5-18(2)28-21/h5-10H,4,11-17H2,1-3H3,(H2,23,24,25). The second kappa shape index (κ2) is 10.6. The maximum absolute atomic E-state index is 4.32. The molecule has 2 N–H and O–H groups in total. The van der Waals surface area contributed by atoms with Gasteiger partial charge in [-0.3, -0.25) is 9.89 Å². The third-order valence-corrected chi connectivity index (χ3v) is 6.25. The van der Waals surface area contributed by atoms with Crippen LogP contribution in [0.15, 0.2) is 41.4 Å². The molecule has 1 aliphatic rings. The molecule has 2 heterocycles. The molecule has 0 atom stereocenters. The third-order valence-electron chi connectivity index (χ3n) is 5.25. The van der Waals surface area contributed by atoms with E-state index in [1.54, 1.807) is 0 Å². The molecule has 1 aromatic heterocycles. The highest BCUT2D eigenvalue weighted by molar-refractivity contribution is 7.11. The highest BCUT2D eigenvalue weighted by Gasteiger charge is 2.15. The van der Waals surface area contributed by atoms with Crippen molar-refractivity contribution in [3.8, 4) is 0 Å². The fourth-order valence-corrected chi connectivity index (χ4v) is 4.27. The van der Waals surface area contributed by atoms with Crippen LogP contribution in [0.1, 0.15) is 27.8 Å². The molecule has 1 aliphatic heterocycles. The number of nitrogens with zero attached hydrogens (tertiary/aromatic N) is 3. The van der Waals surface area contributed by atoms with Gasteiger partial charge in [-0.15, -0.1) is 11.3 Å². The molecular weight excluding hydrogens is 366 g/mol. The molecule has 0 bridgehead atoms. The minimum absolute atomic E-state index is 0.776. The minimum Gasteiger partial charge on any atom is -0.352 e. The van der Waals surface area contributed by atoms with E-state index < -0.39 is 0 Å². The summed E-state index contributed by atoms with van der Waals surface area (Å²) in [6, 6.07) is 13.3. The summed E-state index contributed by atoms with van der Waals surface area (Å²) in [4.78, 5) is 12.1. The number of aryl methyl sites for hydroxylation is 1. The fraction of sp³-hybridized carbons (Fsp3) is 0.500. The Morgan fingerprint density at radius 2 is 1.57 bits per heavy atom. The predicted octanol–water partition coefficient (Wildman–Crippen LogP) is 3.06. The van der Waals surface area contributed by atoms with Crippen LogP contribution in [0.3, 0.4) is 0 Å². The molecule has 1 fully saturated rings. The number of rotatable bonds is 7. The Hall–Kier alpha value is -1.89. The Balaban J connectivity index is 1.42. The van der Waals surface area contributed by atoms with E-state index in [2.05, 4.69) is 75.7 Å². The molecular formula is C22H33N5S. The molecule has 0 saturated carbocycles. The van der Waals surface area contributed by atoms with Crippen molar-refractivity contribution in [1.29, 1.82) is 0 Å². The second-order valence-electron chi connectivity index (χ2n) is 7.32. The van der Waals surface area contributed by atoms with Crippen LogP contribution < -0.4 is 10.6 Å². The molecule has 0 radical (unpaired) electrons. The topological polar surface area (TPSA) is 42.9 Å². The summed E-state index contributed by atoms with van der Waals surface area (Å²) in [6.45, 7) is 12.9. The van der Waals surface area contributed by atoms with E-state index in [0.29, 0.717) is 0 Å². The number of hydrogen-bond donors (Lipinski definition) is 2. The van der Waals surface area contributed by atoms with Crippen LogP contribution in [0.4, 0.5) is 0 Å². The minimum atomic E-state index is 0.776. The average molecular weight is 400 g/mol. The molecule has 5 nitrogen and oxygen atoms in total. The SMILES string of the molecule is CCN1CCN(Cc2ccc(CNC(=NC)NCc3ccc(C)s3)cc2)CC1. The molecule has 0 amide bonds. The number of hydrogen-bond acceptors (Lipinski definition) is 4. The summed E-state index contributed by atoms with van der Waals surface area (Å²) in [5, 5.41) is 6.78. The third kappa shape index (κ3) is 6.33. The van der Waals surface area contributed by atoms with Gasteiger partial charge in [-0.1, -0.05) is 31.2 Å². The van der Waals surface area contributed by atoms with Crippen molar-refractivity contribution in [2.45, 2.75) is 33.5 Å². The monoisotopic (exact) mass is 399 g/mol. The lowest BCUT2D eigenvalue weighted by Gasteiger charge is -2.34. The van der Waals surface area contributed by atoms with E-state index in [9.17, 15) is 0 Å². The number of piperazine rings is 1. The lowest BCUT2D eigenvalue weighted by molar-refractivity contribution is 0.132. The lowest BCUT2D eigenvalue weighted by Crippen LogP contribution is -2.45. The largest absolute Gasteiger partial charge is 0.352 e. The van der Waals surface area contributed by atoms with Crippen LogP contribution >= 0.6 is 11.3 Å². The highest BCUT2D eigenvalue weighted by atomic mass is 32.1. The Morgan fingerprint density at radius 1 is 0.929 bits per heavy atom. The normalized spacial score (nSPS) is 16.3. The van der Waals surface area contributed by atoms with E-state index in [-0.39, 0.29) is 0 Å². The maximum atomic E-state index is 4.32. The first kappa shape index (κ1) is 20.8. The summed E-state index contributed by atoms with van der Waals surface area (Å²) in [6.07, 6.45) is 0. The van der Waals surface area contributed by atoms with Gasteiger partial charge in [-0.05, 0) is 36.7 Å². The zero-order valence-electron chi connectivity index (χ0n) is 17.4. The van der Waals surface area contributed by atoms with E-state index in [1.807, 2.05) is 18.4 Å². The van der Waals surface area contributed by atoms with Gasteiger partial charge < -0.3 is 15.5 Å². The molecule has 1 aromatic carbocycles. The van der Waals surface area contributed by atoms with Crippen molar-refractivity contribution in [1.82, 2.24) is 20.4 Å². The van der Waals surface area contributed by atoms with Crippen molar-refractivity contribution < 1.29 is 0 Å². The van der Waals surface area contributed by atoms with Crippen LogP contribution in [-0.2, 0) is 19.6 Å². The highest BCUT2D eigenvalue weighted by Crippen LogP contribution is 2.14. The van der Waals surface area contributed by atoms with Gasteiger partial charge in [0.2, 0.25) is 0 Å². The van der Waals surface area contributed by atoms with E-state index >= 15 is 0 Å². The molecule has 3 rings (SSSR count). The Kier molecular flexibility index (Phi) is 7.89. The van der Waals surface area contributed by atoms with Gasteiger partial charge in [-0.25, -0.2) is 0 Å². The van der Waals surface area contributed by atoms with Crippen LogP contribution in [0.5, 0.6) is 0 Å². The van der Waals surface area contributed by atoms with Crippen molar-refractivity contribution in [3.05, 3.63) is 57.3 Å². The molecule has 0 aliphatic carbocycles. The van der Waals surface area contributed by atoms with E-state index in [1.165, 1.54) is 53.6 Å². The lowest BCUT2D eigenvalue weighted by atomic mass is 10.1. The van der Waals surface area contributed by atoms with Crippen molar-refractivity contribution >= 4 is 17.3 Å². The maximum Gasteiger partial charge on any atom is 0.191 e. The number of benzene rings is 1. The molecule has 152 valence electrons. The first-order valence-corrected chi connectivity index (χ1v) is 11.0. The van der Waals surface area contributed by atoms with E-state index in [0.717, 1.165) is 25.6 Å². The Bertz CT molecular complexity index is 745. The zero-order valence-corrected chi connectivity index (χ0v) is 18.2. The van der Waals surface area contributed by atoms with Crippen LogP contribution in [0.25, 0.3) is 0 Å². The summed E-state index contributed by atoms with van der Waals surface area (Å²) >= 11 is 1.82. The number of guanidine groups is 1. The summed E-state index contributed by atoms with van der Waals surface area (Å²) < 4.78 is 0. The van der Waals surface area contributed by atoms with Crippen molar-refractivity contribution in [2.24, 2.45) is 4.99 Å². The van der Waals surface area contributed by atoms with Crippen LogP contribution in [0, 0.1) is 6.92 Å². The summed E-state index contributed by atoms with van der Waals surface area (Å²) in [5.74, 6) is 0.837. The van der Waals surface area contributed by atoms with Gasteiger partial charge in [0.25, 0.3) is 0 Å². The van der Waals surface area contributed by atoms with Gasteiger partial charge in [0.1, 0.15) is 0 Å². The van der Waals surface area contributed by atoms with Gasteiger partial charge in [-0.2, -0.15) is 0 Å². The molecule has 28 heavy (non-hydrogen) atoms. The number of thiophene rings is 1. The van der Waals surface area contributed by atoms with E-state index in [4.69, 9.17) is 0 Å². The fourth-order valence-electron chi connectivity index (χ4n) is 3.44. The first-order chi connectivity index (χ1) is 13.7. The summed E-state index contributed by atoms with van der Waals surface area (Å²) in [5.41, 5.74) is 2.67. The van der Waals surface area contributed by atoms with Crippen LogP contribution in [-0.4, -0.2) is 55.5 Å².